The Morgan fingerprint density at radius 1 is 1.14 bits per heavy atom. The van der Waals surface area contributed by atoms with E-state index in [0.717, 1.165) is 6.92 Å². The molecule has 12 heteroatoms. The highest BCUT2D eigenvalue weighted by Gasteiger charge is 2.37. The maximum Gasteiger partial charge on any atom is 0.270 e. The van der Waals surface area contributed by atoms with Crippen LogP contribution in [0.1, 0.15) is 36.9 Å². The van der Waals surface area contributed by atoms with Crippen molar-refractivity contribution < 1.29 is 31.1 Å². The number of alkyl halides is 2. The van der Waals surface area contributed by atoms with Crippen LogP contribution in [-0.2, 0) is 25.2 Å². The van der Waals surface area contributed by atoms with Gasteiger partial charge in [0.15, 0.2) is 11.6 Å². The van der Waals surface area contributed by atoms with Crippen LogP contribution in [0.2, 0.25) is 0 Å². The SMILES string of the molecule is CC(F)(F)c1ccc(C2COCCN2c2ncnc(NCC3(CS(C)(=O)=O)CCOCC3)c2F)cc1. The summed E-state index contributed by atoms with van der Waals surface area (Å²) in [6.07, 6.45) is 3.51. The number of halogens is 3. The second kappa shape index (κ2) is 10.5. The van der Waals surface area contributed by atoms with Crippen LogP contribution >= 0.6 is 0 Å². The lowest BCUT2D eigenvalue weighted by atomic mass is 9.82. The van der Waals surface area contributed by atoms with Gasteiger partial charge in [0.1, 0.15) is 16.2 Å². The molecular weight excluding hydrogens is 497 g/mol. The van der Waals surface area contributed by atoms with E-state index in [2.05, 4.69) is 15.3 Å². The van der Waals surface area contributed by atoms with E-state index >= 15 is 4.39 Å². The highest BCUT2D eigenvalue weighted by molar-refractivity contribution is 7.90. The Morgan fingerprint density at radius 3 is 2.47 bits per heavy atom. The van der Waals surface area contributed by atoms with Crippen LogP contribution in [0.5, 0.6) is 0 Å². The number of rotatable bonds is 8. The van der Waals surface area contributed by atoms with E-state index in [-0.39, 0.29) is 36.1 Å². The molecule has 0 amide bonds. The van der Waals surface area contributed by atoms with Gasteiger partial charge in [0, 0.05) is 50.5 Å². The first-order valence-electron chi connectivity index (χ1n) is 11.8. The van der Waals surface area contributed by atoms with Crippen LogP contribution in [0.15, 0.2) is 30.6 Å². The predicted molar refractivity (Wildman–Crippen MR) is 130 cm³/mol. The van der Waals surface area contributed by atoms with E-state index < -0.39 is 33.0 Å². The third-order valence-electron chi connectivity index (χ3n) is 6.73. The Morgan fingerprint density at radius 2 is 1.83 bits per heavy atom. The van der Waals surface area contributed by atoms with Gasteiger partial charge in [-0.25, -0.2) is 27.2 Å². The summed E-state index contributed by atoms with van der Waals surface area (Å²) in [5, 5.41) is 3.02. The maximum absolute atomic E-state index is 15.7. The number of morpholine rings is 1. The Labute approximate surface area is 209 Å². The fourth-order valence-electron chi connectivity index (χ4n) is 4.82. The van der Waals surface area contributed by atoms with E-state index in [1.807, 2.05) is 0 Å². The number of nitrogens with one attached hydrogen (secondary N) is 1. The van der Waals surface area contributed by atoms with Crippen LogP contribution in [0.3, 0.4) is 0 Å². The second-order valence-corrected chi connectivity index (χ2v) is 11.8. The molecule has 0 spiro atoms. The largest absolute Gasteiger partial charge is 0.381 e. The van der Waals surface area contributed by atoms with Crippen LogP contribution < -0.4 is 10.2 Å². The van der Waals surface area contributed by atoms with Gasteiger partial charge in [-0.3, -0.25) is 0 Å². The number of ether oxygens (including phenoxy) is 2. The van der Waals surface area contributed by atoms with Crippen molar-refractivity contribution in [2.24, 2.45) is 5.41 Å². The van der Waals surface area contributed by atoms with Crippen molar-refractivity contribution in [1.82, 2.24) is 9.97 Å². The minimum Gasteiger partial charge on any atom is -0.381 e. The number of anilines is 2. The van der Waals surface area contributed by atoms with E-state index in [1.54, 1.807) is 17.0 Å². The van der Waals surface area contributed by atoms with Crippen LogP contribution in [0, 0.1) is 11.2 Å². The zero-order chi connectivity index (χ0) is 26.0. The number of hydrogen-bond acceptors (Lipinski definition) is 8. The van der Waals surface area contributed by atoms with Gasteiger partial charge < -0.3 is 19.7 Å². The Balaban J connectivity index is 1.57. The highest BCUT2D eigenvalue weighted by Crippen LogP contribution is 2.36. The van der Waals surface area contributed by atoms with Crippen LogP contribution in [0.4, 0.5) is 24.8 Å². The van der Waals surface area contributed by atoms with E-state index in [9.17, 15) is 17.2 Å². The Bertz CT molecular complexity index is 1150. The molecule has 2 aliphatic rings. The summed E-state index contributed by atoms with van der Waals surface area (Å²) < 4.78 is 78.1. The molecule has 1 aromatic carbocycles. The highest BCUT2D eigenvalue weighted by atomic mass is 32.2. The minimum atomic E-state index is -3.26. The van der Waals surface area contributed by atoms with Crippen molar-refractivity contribution in [2.75, 3.05) is 61.7 Å². The van der Waals surface area contributed by atoms with E-state index in [0.29, 0.717) is 44.8 Å². The standard InChI is InChI=1S/C24H31F3N4O4S/c1-23(26,27)18-5-3-17(4-6-18)19-13-35-12-9-31(19)22-20(25)21(29-16-30-22)28-14-24(15-36(2,32)33)7-10-34-11-8-24/h3-6,16,19H,7-15H2,1-2H3,(H,28,29,30). The molecule has 1 aromatic heterocycles. The lowest BCUT2D eigenvalue weighted by Crippen LogP contribution is -2.42. The van der Waals surface area contributed by atoms with Crippen molar-refractivity contribution in [1.29, 1.82) is 0 Å². The summed E-state index contributed by atoms with van der Waals surface area (Å²) in [5.74, 6) is -3.61. The lowest BCUT2D eigenvalue weighted by Gasteiger charge is -2.38. The minimum absolute atomic E-state index is 0.0226. The molecule has 2 fully saturated rings. The number of nitrogens with zero attached hydrogens (tertiary/aromatic N) is 3. The molecule has 1 unspecified atom stereocenters. The molecule has 8 nitrogen and oxygen atoms in total. The molecular formula is C24H31F3N4O4S. The average Bonchev–Trinajstić information content (AvgIpc) is 2.83. The molecule has 1 atom stereocenters. The molecule has 2 aliphatic heterocycles. The van der Waals surface area contributed by atoms with E-state index in [1.165, 1.54) is 24.7 Å². The van der Waals surface area contributed by atoms with Crippen molar-refractivity contribution in [3.8, 4) is 0 Å². The molecule has 1 N–H and O–H groups in total. The Kier molecular flexibility index (Phi) is 7.77. The summed E-state index contributed by atoms with van der Waals surface area (Å²) in [6, 6.07) is 5.48. The summed E-state index contributed by atoms with van der Waals surface area (Å²) in [7, 11) is -3.26. The first kappa shape index (κ1) is 26.6. The summed E-state index contributed by atoms with van der Waals surface area (Å²) in [4.78, 5) is 9.98. The van der Waals surface area contributed by atoms with E-state index in [4.69, 9.17) is 9.47 Å². The van der Waals surface area contributed by atoms with Gasteiger partial charge >= 0.3 is 0 Å². The van der Waals surface area contributed by atoms with Gasteiger partial charge in [-0.2, -0.15) is 4.39 Å². The molecule has 36 heavy (non-hydrogen) atoms. The average molecular weight is 529 g/mol. The molecule has 0 aliphatic carbocycles. The van der Waals surface area contributed by atoms with Gasteiger partial charge in [-0.15, -0.1) is 0 Å². The topological polar surface area (TPSA) is 93.6 Å². The molecule has 0 radical (unpaired) electrons. The third kappa shape index (κ3) is 6.27. The fourth-order valence-corrected chi connectivity index (χ4v) is 6.32. The number of benzene rings is 1. The molecule has 0 bridgehead atoms. The molecule has 2 saturated heterocycles. The molecule has 4 rings (SSSR count). The van der Waals surface area contributed by atoms with Crippen molar-refractivity contribution >= 4 is 21.5 Å². The van der Waals surface area contributed by atoms with Gasteiger partial charge in [0.2, 0.25) is 5.82 Å². The van der Waals surface area contributed by atoms with Gasteiger partial charge in [-0.05, 0) is 18.4 Å². The van der Waals surface area contributed by atoms with Gasteiger partial charge in [-0.1, -0.05) is 24.3 Å². The van der Waals surface area contributed by atoms with Gasteiger partial charge in [0.25, 0.3) is 5.92 Å². The maximum atomic E-state index is 15.7. The number of sulfone groups is 1. The summed E-state index contributed by atoms with van der Waals surface area (Å²) in [6.45, 7) is 2.87. The zero-order valence-corrected chi connectivity index (χ0v) is 21.2. The normalized spacial score (nSPS) is 20.8. The first-order valence-corrected chi connectivity index (χ1v) is 13.9. The first-order chi connectivity index (χ1) is 17.0. The fraction of sp³-hybridized carbons (Fsp3) is 0.583. The van der Waals surface area contributed by atoms with Crippen LogP contribution in [0.25, 0.3) is 0 Å². The Hall–Kier alpha value is -2.44. The molecule has 0 saturated carbocycles. The van der Waals surface area contributed by atoms with Gasteiger partial charge in [0.05, 0.1) is 25.0 Å². The summed E-state index contributed by atoms with van der Waals surface area (Å²) in [5.41, 5.74) is 0.00319. The molecule has 3 heterocycles. The summed E-state index contributed by atoms with van der Waals surface area (Å²) >= 11 is 0. The molecule has 198 valence electrons. The smallest absolute Gasteiger partial charge is 0.270 e. The predicted octanol–water partition coefficient (Wildman–Crippen LogP) is 3.56. The van der Waals surface area contributed by atoms with Crippen molar-refractivity contribution in [3.05, 3.63) is 47.5 Å². The molecule has 2 aromatic rings. The second-order valence-electron chi connectivity index (χ2n) is 9.69. The number of hydrogen-bond donors (Lipinski definition) is 1. The van der Waals surface area contributed by atoms with Crippen molar-refractivity contribution in [3.63, 3.8) is 0 Å². The lowest BCUT2D eigenvalue weighted by molar-refractivity contribution is 0.0174. The zero-order valence-electron chi connectivity index (χ0n) is 20.3. The van der Waals surface area contributed by atoms with Crippen molar-refractivity contribution in [2.45, 2.75) is 31.7 Å². The number of aromatic nitrogens is 2. The van der Waals surface area contributed by atoms with Crippen LogP contribution in [-0.4, -0.2) is 69.9 Å². The quantitative estimate of drug-likeness (QED) is 0.556. The monoisotopic (exact) mass is 528 g/mol. The third-order valence-corrected chi connectivity index (χ3v) is 7.86.